The Kier molecular flexibility index (Phi) is 6.23. The molecule has 0 aliphatic heterocycles. The highest BCUT2D eigenvalue weighted by molar-refractivity contribution is 7.22. The van der Waals surface area contributed by atoms with Gasteiger partial charge >= 0.3 is 11.9 Å². The topological polar surface area (TPSA) is 97.2 Å². The number of ether oxygens (including phenoxy) is 1. The van der Waals surface area contributed by atoms with Gasteiger partial charge in [0.2, 0.25) is 5.88 Å². The molecular formula is C21H14ClF4N3O4S. The normalized spacial score (nSPS) is 12.8. The summed E-state index contributed by atoms with van der Waals surface area (Å²) in [6.07, 6.45) is -6.31. The zero-order chi connectivity index (χ0) is 24.8. The zero-order valence-electron chi connectivity index (χ0n) is 17.1. The van der Waals surface area contributed by atoms with Crippen LogP contribution in [0.25, 0.3) is 20.7 Å². The summed E-state index contributed by atoms with van der Waals surface area (Å²) in [6, 6.07) is 6.89. The number of aliphatic hydroxyl groups is 1. The summed E-state index contributed by atoms with van der Waals surface area (Å²) in [4.78, 5) is 31.2. The second-order valence-electron chi connectivity index (χ2n) is 7.23. The Balaban J connectivity index is 1.72. The van der Waals surface area contributed by atoms with Crippen molar-refractivity contribution in [3.05, 3.63) is 73.8 Å². The van der Waals surface area contributed by atoms with Crippen LogP contribution in [-0.4, -0.2) is 31.9 Å². The van der Waals surface area contributed by atoms with E-state index in [1.54, 1.807) is 13.0 Å². The van der Waals surface area contributed by atoms with E-state index in [-0.39, 0.29) is 26.9 Å². The van der Waals surface area contributed by atoms with Crippen molar-refractivity contribution in [3.63, 3.8) is 0 Å². The minimum atomic E-state index is -4.94. The number of aliphatic hydroxyl groups excluding tert-OH is 1. The molecule has 0 radical (unpaired) electrons. The first-order valence-electron chi connectivity index (χ1n) is 9.56. The number of aromatic nitrogens is 3. The van der Waals surface area contributed by atoms with E-state index in [0.29, 0.717) is 20.6 Å². The molecule has 0 amide bonds. The lowest BCUT2D eigenvalue weighted by molar-refractivity contribution is -0.207. The molecule has 0 fully saturated rings. The molecule has 178 valence electrons. The Morgan fingerprint density at radius 3 is 2.62 bits per heavy atom. The summed E-state index contributed by atoms with van der Waals surface area (Å²) in [5.74, 6) is -0.189. The average Bonchev–Trinajstić information content (AvgIpc) is 3.11. The molecule has 0 saturated heterocycles. The maximum atomic E-state index is 13.3. The molecule has 34 heavy (non-hydrogen) atoms. The van der Waals surface area contributed by atoms with E-state index in [9.17, 15) is 32.3 Å². The summed E-state index contributed by atoms with van der Waals surface area (Å²) in [6.45, 7) is 0.517. The highest BCUT2D eigenvalue weighted by Gasteiger charge is 2.39. The molecule has 0 aliphatic rings. The van der Waals surface area contributed by atoms with E-state index < -0.39 is 35.9 Å². The van der Waals surface area contributed by atoms with Gasteiger partial charge in [-0.15, -0.1) is 11.3 Å². The Morgan fingerprint density at radius 2 is 2.00 bits per heavy atom. The van der Waals surface area contributed by atoms with Crippen molar-refractivity contribution in [2.24, 2.45) is 0 Å². The minimum absolute atomic E-state index is 0.00849. The third kappa shape index (κ3) is 4.56. The van der Waals surface area contributed by atoms with Crippen LogP contribution in [0, 0.1) is 12.7 Å². The number of nitrogens with zero attached hydrogens (tertiary/aromatic N) is 2. The van der Waals surface area contributed by atoms with Crippen molar-refractivity contribution in [1.29, 1.82) is 0 Å². The largest absolute Gasteiger partial charge is 0.439 e. The number of nitrogens with one attached hydrogen (secondary N) is 1. The number of halogens is 5. The maximum absolute atomic E-state index is 13.3. The molecule has 4 aromatic rings. The van der Waals surface area contributed by atoms with Crippen LogP contribution in [-0.2, 0) is 6.54 Å². The zero-order valence-corrected chi connectivity index (χ0v) is 18.7. The SMILES string of the molecule is Cc1c(-c2ccc(Oc3ccc(F)c(Cl)c3)nc2)sc2c1c(=O)[nH]c(=O)n2CC(O)C(F)(F)F. The number of H-pyrrole nitrogens is 1. The lowest BCUT2D eigenvalue weighted by Gasteiger charge is -2.15. The molecule has 2 N–H and O–H groups in total. The lowest BCUT2D eigenvalue weighted by Crippen LogP contribution is -2.38. The van der Waals surface area contributed by atoms with Crippen LogP contribution >= 0.6 is 22.9 Å². The van der Waals surface area contributed by atoms with Gasteiger partial charge in [-0.2, -0.15) is 13.2 Å². The molecule has 4 rings (SSSR count). The molecule has 0 spiro atoms. The van der Waals surface area contributed by atoms with E-state index in [4.69, 9.17) is 16.3 Å². The predicted octanol–water partition coefficient (Wildman–Crippen LogP) is 4.63. The Morgan fingerprint density at radius 1 is 1.26 bits per heavy atom. The number of benzene rings is 1. The van der Waals surface area contributed by atoms with Gasteiger partial charge in [0.25, 0.3) is 5.56 Å². The number of rotatable bonds is 5. The number of alkyl halides is 3. The second-order valence-corrected chi connectivity index (χ2v) is 8.63. The van der Waals surface area contributed by atoms with Crippen LogP contribution in [0.2, 0.25) is 5.02 Å². The summed E-state index contributed by atoms with van der Waals surface area (Å²) in [7, 11) is 0. The van der Waals surface area contributed by atoms with E-state index in [0.717, 1.165) is 17.4 Å². The van der Waals surface area contributed by atoms with Crippen LogP contribution in [0.15, 0.2) is 46.1 Å². The van der Waals surface area contributed by atoms with Crippen molar-refractivity contribution in [2.75, 3.05) is 0 Å². The molecule has 7 nitrogen and oxygen atoms in total. The third-order valence-corrected chi connectivity index (χ3v) is 6.56. The number of thiophene rings is 1. The maximum Gasteiger partial charge on any atom is 0.416 e. The van der Waals surface area contributed by atoms with Crippen LogP contribution in [0.4, 0.5) is 17.6 Å². The van der Waals surface area contributed by atoms with Crippen LogP contribution in [0.1, 0.15) is 5.56 Å². The number of aromatic amines is 1. The molecule has 3 aromatic heterocycles. The predicted molar refractivity (Wildman–Crippen MR) is 118 cm³/mol. The van der Waals surface area contributed by atoms with Gasteiger partial charge in [-0.1, -0.05) is 11.6 Å². The summed E-state index contributed by atoms with van der Waals surface area (Å²) in [5.41, 5.74) is -0.873. The number of pyridine rings is 1. The highest BCUT2D eigenvalue weighted by Crippen LogP contribution is 2.37. The molecule has 3 heterocycles. The summed E-state index contributed by atoms with van der Waals surface area (Å²) in [5, 5.41) is 9.36. The van der Waals surface area contributed by atoms with Crippen molar-refractivity contribution in [3.8, 4) is 22.1 Å². The van der Waals surface area contributed by atoms with Gasteiger partial charge in [0.15, 0.2) is 6.10 Å². The van der Waals surface area contributed by atoms with Crippen LogP contribution < -0.4 is 16.0 Å². The van der Waals surface area contributed by atoms with Crippen molar-refractivity contribution in [1.82, 2.24) is 14.5 Å². The molecule has 1 unspecified atom stereocenters. The van der Waals surface area contributed by atoms with E-state index in [1.165, 1.54) is 24.4 Å². The van der Waals surface area contributed by atoms with E-state index in [2.05, 4.69) is 4.98 Å². The van der Waals surface area contributed by atoms with E-state index in [1.807, 2.05) is 4.98 Å². The van der Waals surface area contributed by atoms with Crippen molar-refractivity contribution >= 4 is 33.2 Å². The van der Waals surface area contributed by atoms with Crippen molar-refractivity contribution < 1.29 is 27.4 Å². The fraction of sp³-hybridized carbons (Fsp3) is 0.190. The van der Waals surface area contributed by atoms with Gasteiger partial charge < -0.3 is 9.84 Å². The van der Waals surface area contributed by atoms with Gasteiger partial charge in [0.1, 0.15) is 16.4 Å². The number of hydrogen-bond acceptors (Lipinski definition) is 6. The van der Waals surface area contributed by atoms with Gasteiger partial charge in [-0.3, -0.25) is 14.3 Å². The van der Waals surface area contributed by atoms with Crippen LogP contribution in [0.3, 0.4) is 0 Å². The average molecular weight is 516 g/mol. The number of aryl methyl sites for hydroxylation is 1. The number of hydrogen-bond donors (Lipinski definition) is 2. The van der Waals surface area contributed by atoms with E-state index >= 15 is 0 Å². The fourth-order valence-electron chi connectivity index (χ4n) is 3.23. The number of fused-ring (bicyclic) bond motifs is 1. The monoisotopic (exact) mass is 515 g/mol. The Labute approximate surface area is 196 Å². The fourth-order valence-corrected chi connectivity index (χ4v) is 4.70. The molecular weight excluding hydrogens is 502 g/mol. The van der Waals surface area contributed by atoms with Crippen molar-refractivity contribution in [2.45, 2.75) is 25.7 Å². The molecule has 0 bridgehead atoms. The van der Waals surface area contributed by atoms with Gasteiger partial charge in [0.05, 0.1) is 17.0 Å². The molecule has 0 aliphatic carbocycles. The first-order chi connectivity index (χ1) is 16.0. The first-order valence-corrected chi connectivity index (χ1v) is 10.8. The first kappa shape index (κ1) is 23.9. The lowest BCUT2D eigenvalue weighted by atomic mass is 10.1. The van der Waals surface area contributed by atoms with Gasteiger partial charge in [0, 0.05) is 28.8 Å². The summed E-state index contributed by atoms with van der Waals surface area (Å²) >= 11 is 6.65. The molecule has 1 aromatic carbocycles. The third-order valence-electron chi connectivity index (χ3n) is 4.91. The quantitative estimate of drug-likeness (QED) is 0.378. The van der Waals surface area contributed by atoms with Gasteiger partial charge in [-0.25, -0.2) is 14.2 Å². The highest BCUT2D eigenvalue weighted by atomic mass is 35.5. The molecule has 13 heteroatoms. The molecule has 0 saturated carbocycles. The minimum Gasteiger partial charge on any atom is -0.439 e. The second kappa shape index (κ2) is 8.85. The smallest absolute Gasteiger partial charge is 0.416 e. The molecule has 1 atom stereocenters. The Hall–Kier alpha value is -3.22. The standard InChI is InChI=1S/C21H14ClF4N3O4S/c1-9-16-18(31)28-20(32)29(8-14(30)21(24,25)26)19(16)34-17(9)10-2-5-15(27-7-10)33-11-3-4-13(23)12(22)6-11/h2-7,14,30H,8H2,1H3,(H,28,31,32). The Bertz CT molecular complexity index is 1500. The summed E-state index contributed by atoms with van der Waals surface area (Å²) < 4.78 is 58.1. The van der Waals surface area contributed by atoms with Crippen LogP contribution in [0.5, 0.6) is 11.6 Å². The van der Waals surface area contributed by atoms with Gasteiger partial charge in [-0.05, 0) is 30.7 Å².